The lowest BCUT2D eigenvalue weighted by atomic mass is 10.4. The standard InChI is InChI=1S/C5H4N8O10/c14-9(15)3-1-4(10(16)17)8(7-3)6-2-5(11(18)19,12(20)21)13(22)23/h1,6H,2H2. The lowest BCUT2D eigenvalue weighted by Crippen LogP contribution is -2.58. The Morgan fingerprint density at radius 3 is 1.78 bits per heavy atom. The third-order valence-corrected chi connectivity index (χ3v) is 2.39. The first-order valence-electron chi connectivity index (χ1n) is 5.10. The van der Waals surface area contributed by atoms with Crippen molar-refractivity contribution in [2.24, 2.45) is 0 Å². The molecule has 0 spiro atoms. The number of nitrogens with one attached hydrogen (secondary N) is 1. The maximum absolute atomic E-state index is 10.7. The second-order valence-electron chi connectivity index (χ2n) is 3.67. The van der Waals surface area contributed by atoms with Crippen LogP contribution in [0.1, 0.15) is 0 Å². The molecule has 0 amide bonds. The summed E-state index contributed by atoms with van der Waals surface area (Å²) in [5.74, 6) is -6.13. The normalized spacial score (nSPS) is 10.8. The number of nitro groups is 5. The Kier molecular flexibility index (Phi) is 4.29. The molecule has 1 rings (SSSR count). The molecule has 1 heterocycles. The molecule has 0 aromatic carbocycles. The fourth-order valence-corrected chi connectivity index (χ4v) is 1.27. The number of rotatable bonds is 8. The van der Waals surface area contributed by atoms with Gasteiger partial charge in [0.2, 0.25) is 0 Å². The maximum atomic E-state index is 10.7. The molecule has 0 fully saturated rings. The molecule has 0 aliphatic carbocycles. The second-order valence-corrected chi connectivity index (χ2v) is 3.67. The Morgan fingerprint density at radius 2 is 1.43 bits per heavy atom. The number of hydrogen-bond acceptors (Lipinski definition) is 12. The summed E-state index contributed by atoms with van der Waals surface area (Å²) in [6.45, 7) is -1.67. The zero-order valence-electron chi connectivity index (χ0n) is 10.5. The van der Waals surface area contributed by atoms with Crippen LogP contribution in [0.25, 0.3) is 0 Å². The quantitative estimate of drug-likeness (QED) is 0.331. The number of aromatic nitrogens is 2. The van der Waals surface area contributed by atoms with Crippen LogP contribution < -0.4 is 5.43 Å². The van der Waals surface area contributed by atoms with E-state index in [0.717, 1.165) is 0 Å². The van der Waals surface area contributed by atoms with E-state index in [2.05, 4.69) is 5.10 Å². The molecule has 18 nitrogen and oxygen atoms in total. The van der Waals surface area contributed by atoms with E-state index in [1.165, 1.54) is 0 Å². The topological polar surface area (TPSA) is 246 Å². The molecule has 0 aliphatic rings. The van der Waals surface area contributed by atoms with Crippen LogP contribution in [0, 0.1) is 50.6 Å². The van der Waals surface area contributed by atoms with Crippen molar-refractivity contribution in [2.75, 3.05) is 12.0 Å². The highest BCUT2D eigenvalue weighted by Gasteiger charge is 2.71. The molecular weight excluding hydrogens is 332 g/mol. The van der Waals surface area contributed by atoms with Gasteiger partial charge in [0.15, 0.2) is 19.9 Å². The Balaban J connectivity index is 3.24. The van der Waals surface area contributed by atoms with Crippen LogP contribution in [-0.2, 0) is 0 Å². The fourth-order valence-electron chi connectivity index (χ4n) is 1.27. The van der Waals surface area contributed by atoms with Gasteiger partial charge >= 0.3 is 17.4 Å². The van der Waals surface area contributed by atoms with E-state index >= 15 is 0 Å². The lowest BCUT2D eigenvalue weighted by molar-refractivity contribution is -0.965. The molecule has 18 heteroatoms. The smallest absolute Gasteiger partial charge is 0.358 e. The van der Waals surface area contributed by atoms with Crippen LogP contribution >= 0.6 is 0 Å². The van der Waals surface area contributed by atoms with Gasteiger partial charge in [-0.3, -0.25) is 30.3 Å². The Labute approximate surface area is 122 Å². The largest absolute Gasteiger partial charge is 0.720 e. The summed E-state index contributed by atoms with van der Waals surface area (Å²) >= 11 is 0. The Morgan fingerprint density at radius 1 is 0.957 bits per heavy atom. The minimum atomic E-state index is -3.96. The third kappa shape index (κ3) is 2.88. The highest BCUT2D eigenvalue weighted by molar-refractivity contribution is 5.32. The van der Waals surface area contributed by atoms with Crippen LogP contribution in [0.3, 0.4) is 0 Å². The van der Waals surface area contributed by atoms with Crippen LogP contribution in [0.4, 0.5) is 11.6 Å². The first-order chi connectivity index (χ1) is 10.5. The van der Waals surface area contributed by atoms with Crippen molar-refractivity contribution in [3.05, 3.63) is 56.6 Å². The highest BCUT2D eigenvalue weighted by Crippen LogP contribution is 2.18. The first kappa shape index (κ1) is 17.1. The molecular formula is C5H4N8O10. The van der Waals surface area contributed by atoms with Gasteiger partial charge in [-0.1, -0.05) is 0 Å². The van der Waals surface area contributed by atoms with E-state index in [4.69, 9.17) is 0 Å². The van der Waals surface area contributed by atoms with E-state index in [1.807, 2.05) is 0 Å². The van der Waals surface area contributed by atoms with Crippen molar-refractivity contribution in [1.82, 2.24) is 9.89 Å². The summed E-state index contributed by atoms with van der Waals surface area (Å²) in [7, 11) is 0. The van der Waals surface area contributed by atoms with Gasteiger partial charge in [-0.05, 0) is 9.85 Å². The van der Waals surface area contributed by atoms with Crippen molar-refractivity contribution >= 4 is 11.6 Å². The Hall–Kier alpha value is -3.99. The molecule has 23 heavy (non-hydrogen) atoms. The molecule has 1 aromatic heterocycles. The van der Waals surface area contributed by atoms with E-state index in [-0.39, 0.29) is 4.79 Å². The zero-order valence-corrected chi connectivity index (χ0v) is 10.5. The van der Waals surface area contributed by atoms with Crippen molar-refractivity contribution in [3.8, 4) is 0 Å². The van der Waals surface area contributed by atoms with Gasteiger partial charge in [0, 0.05) is 0 Å². The number of nitrogens with zero attached hydrogens (tertiary/aromatic N) is 7. The average molecular weight is 336 g/mol. The fraction of sp³-hybridized carbons (Fsp3) is 0.400. The molecule has 0 atom stereocenters. The van der Waals surface area contributed by atoms with Crippen LogP contribution in [0.2, 0.25) is 0 Å². The van der Waals surface area contributed by atoms with Crippen molar-refractivity contribution in [1.29, 1.82) is 0 Å². The molecule has 0 aliphatic heterocycles. The van der Waals surface area contributed by atoms with E-state index in [1.54, 1.807) is 5.43 Å². The summed E-state index contributed by atoms with van der Waals surface area (Å²) in [6.07, 6.45) is 0. The predicted octanol–water partition coefficient (Wildman–Crippen LogP) is -1.27. The highest BCUT2D eigenvalue weighted by atomic mass is 16.7. The van der Waals surface area contributed by atoms with Gasteiger partial charge in [-0.15, -0.1) is 0 Å². The monoisotopic (exact) mass is 336 g/mol. The van der Waals surface area contributed by atoms with Crippen LogP contribution in [-0.4, -0.2) is 46.8 Å². The van der Waals surface area contributed by atoms with Gasteiger partial charge < -0.3 is 20.2 Å². The van der Waals surface area contributed by atoms with Crippen LogP contribution in [0.15, 0.2) is 6.07 Å². The van der Waals surface area contributed by atoms with Gasteiger partial charge in [0.25, 0.3) is 6.54 Å². The zero-order chi connectivity index (χ0) is 17.9. The summed E-state index contributed by atoms with van der Waals surface area (Å²) in [5, 5.41) is 56.1. The summed E-state index contributed by atoms with van der Waals surface area (Å²) < 4.78 is 0. The SMILES string of the molecule is O=[N+]([O-])c1cc([N+](=O)[O-])n(NCC([N+](=O)[O-])([N+](=O)[O-])[N+](=O)[O-])n1. The predicted molar refractivity (Wildman–Crippen MR) is 63.5 cm³/mol. The summed E-state index contributed by atoms with van der Waals surface area (Å²) in [6, 6.07) is 0.346. The van der Waals surface area contributed by atoms with Crippen LogP contribution in [0.5, 0.6) is 0 Å². The Bertz CT molecular complexity index is 672. The average Bonchev–Trinajstić information content (AvgIpc) is 2.82. The summed E-state index contributed by atoms with van der Waals surface area (Å²) in [5.41, 5.74) is 1.59. The molecule has 1 aromatic rings. The van der Waals surface area contributed by atoms with Gasteiger partial charge in [0.05, 0.1) is 4.79 Å². The van der Waals surface area contributed by atoms with Crippen molar-refractivity contribution in [3.63, 3.8) is 0 Å². The molecule has 124 valence electrons. The first-order valence-corrected chi connectivity index (χ1v) is 5.10. The van der Waals surface area contributed by atoms with Gasteiger partial charge in [-0.25, -0.2) is 0 Å². The minimum absolute atomic E-state index is 0.0105. The lowest BCUT2D eigenvalue weighted by Gasteiger charge is -2.07. The minimum Gasteiger partial charge on any atom is -0.358 e. The van der Waals surface area contributed by atoms with E-state index < -0.39 is 48.6 Å². The summed E-state index contributed by atoms with van der Waals surface area (Å²) in [4.78, 5) is 45.3. The molecule has 0 unspecified atom stereocenters. The third-order valence-electron chi connectivity index (χ3n) is 2.39. The molecule has 0 saturated heterocycles. The molecule has 0 saturated carbocycles. The van der Waals surface area contributed by atoms with E-state index in [0.29, 0.717) is 6.07 Å². The van der Waals surface area contributed by atoms with Gasteiger partial charge in [0.1, 0.15) is 6.07 Å². The van der Waals surface area contributed by atoms with Crippen molar-refractivity contribution in [2.45, 2.75) is 5.79 Å². The molecule has 0 bridgehead atoms. The van der Waals surface area contributed by atoms with E-state index in [9.17, 15) is 50.6 Å². The number of hydrogen-bond donors (Lipinski definition) is 1. The van der Waals surface area contributed by atoms with Gasteiger partial charge in [-0.2, -0.15) is 5.43 Å². The molecule has 0 radical (unpaired) electrons. The maximum Gasteiger partial charge on any atom is 0.720 e. The van der Waals surface area contributed by atoms with Crippen molar-refractivity contribution < 1.29 is 24.6 Å². The second kappa shape index (κ2) is 5.79. The molecule has 1 N–H and O–H groups in total.